The molecule has 0 radical (unpaired) electrons. The summed E-state index contributed by atoms with van der Waals surface area (Å²) in [5.41, 5.74) is -1.12. The highest BCUT2D eigenvalue weighted by Crippen LogP contribution is 2.45. The van der Waals surface area contributed by atoms with E-state index in [0.717, 1.165) is 0 Å². The molecule has 1 rings (SSSR count). The molecule has 1 heterocycles. The van der Waals surface area contributed by atoms with E-state index < -0.39 is 28.3 Å². The molecule has 0 bridgehead atoms. The lowest BCUT2D eigenvalue weighted by atomic mass is 9.90. The summed E-state index contributed by atoms with van der Waals surface area (Å²) in [6.07, 6.45) is -0.785. The van der Waals surface area contributed by atoms with Gasteiger partial charge < -0.3 is 23.8 Å². The largest absolute Gasteiger partial charge is 0.409 e. The summed E-state index contributed by atoms with van der Waals surface area (Å²) >= 11 is 0. The van der Waals surface area contributed by atoms with E-state index in [0.29, 0.717) is 0 Å². The van der Waals surface area contributed by atoms with Crippen LogP contribution in [0.4, 0.5) is 0 Å². The van der Waals surface area contributed by atoms with Crippen LogP contribution in [0.5, 0.6) is 0 Å². The maximum Gasteiger partial charge on any atom is 0.192 e. The lowest BCUT2D eigenvalue weighted by Crippen LogP contribution is -2.59. The third kappa shape index (κ3) is 4.64. The van der Waals surface area contributed by atoms with Crippen LogP contribution < -0.4 is 0 Å². The molecule has 1 fully saturated rings. The Kier molecular flexibility index (Phi) is 7.12. The molecule has 0 aromatic rings. The zero-order valence-corrected chi connectivity index (χ0v) is 20.8. The van der Waals surface area contributed by atoms with Crippen molar-refractivity contribution in [3.05, 3.63) is 0 Å². The van der Waals surface area contributed by atoms with Gasteiger partial charge in [-0.2, -0.15) is 0 Å². The number of hydrogen-bond donors (Lipinski definition) is 2. The van der Waals surface area contributed by atoms with Gasteiger partial charge in [0.05, 0.1) is 25.3 Å². The van der Waals surface area contributed by atoms with Gasteiger partial charge in [0.15, 0.2) is 16.6 Å². The third-order valence-corrected chi connectivity index (χ3v) is 15.6. The number of hydrogen-bond acceptors (Lipinski definition) is 5. The van der Waals surface area contributed by atoms with Gasteiger partial charge in [0.2, 0.25) is 0 Å². The summed E-state index contributed by atoms with van der Waals surface area (Å²) in [6.45, 7) is 21.4. The summed E-state index contributed by atoms with van der Waals surface area (Å²) < 4.78 is 19.5. The second kappa shape index (κ2) is 7.61. The van der Waals surface area contributed by atoms with Gasteiger partial charge in [-0.15, -0.1) is 0 Å². The predicted molar refractivity (Wildman–Crippen MR) is 114 cm³/mol. The minimum Gasteiger partial charge on any atom is -0.409 e. The molecule has 0 aromatic heterocycles. The van der Waals surface area contributed by atoms with E-state index in [1.54, 1.807) is 0 Å². The van der Waals surface area contributed by atoms with Crippen molar-refractivity contribution in [1.29, 1.82) is 0 Å². The zero-order chi connectivity index (χ0) is 20.8. The molecule has 2 N–H and O–H groups in total. The first kappa shape index (κ1) is 24.3. The van der Waals surface area contributed by atoms with E-state index in [2.05, 4.69) is 67.7 Å². The van der Waals surface area contributed by atoms with Gasteiger partial charge in [-0.1, -0.05) is 41.5 Å². The molecule has 0 amide bonds. The van der Waals surface area contributed by atoms with Crippen LogP contribution >= 0.6 is 0 Å². The first-order valence-electron chi connectivity index (χ1n) is 9.69. The molecule has 8 heteroatoms. The molecular weight excluding hydrogens is 363 g/mol. The second-order valence-corrected chi connectivity index (χ2v) is 20.4. The minimum atomic E-state index is -2.15. The van der Waals surface area contributed by atoms with E-state index in [4.69, 9.17) is 13.6 Å². The molecule has 26 heavy (non-hydrogen) atoms. The van der Waals surface area contributed by atoms with Gasteiger partial charge in [0, 0.05) is 0 Å². The highest BCUT2D eigenvalue weighted by atomic mass is 28.4. The van der Waals surface area contributed by atoms with Crippen molar-refractivity contribution in [1.82, 2.24) is 0 Å². The normalized spacial score (nSPS) is 27.8. The van der Waals surface area contributed by atoms with Crippen LogP contribution in [0.15, 0.2) is 0 Å². The SMILES string of the molecule is B[C@@H]1OC(CO)(CO)[C@@H](O[Si](C)(C)C(C)(C)C)[C@H]1O[Si](C)(C)C(C)(C)C. The highest BCUT2D eigenvalue weighted by molar-refractivity contribution is 6.74. The number of aliphatic hydroxyl groups excluding tert-OH is 2. The first-order chi connectivity index (χ1) is 11.4. The topological polar surface area (TPSA) is 68.2 Å². The van der Waals surface area contributed by atoms with Crippen LogP contribution in [-0.4, -0.2) is 71.7 Å². The first-order valence-corrected chi connectivity index (χ1v) is 15.5. The van der Waals surface area contributed by atoms with Gasteiger partial charge in [-0.25, -0.2) is 0 Å². The van der Waals surface area contributed by atoms with E-state index in [1.807, 2.05) is 7.85 Å². The fourth-order valence-electron chi connectivity index (χ4n) is 2.70. The zero-order valence-electron chi connectivity index (χ0n) is 18.8. The molecule has 5 nitrogen and oxygen atoms in total. The van der Waals surface area contributed by atoms with Gasteiger partial charge in [-0.3, -0.25) is 0 Å². The van der Waals surface area contributed by atoms with Gasteiger partial charge >= 0.3 is 0 Å². The number of rotatable bonds is 6. The Morgan fingerprint density at radius 2 is 1.27 bits per heavy atom. The third-order valence-electron chi connectivity index (χ3n) is 6.70. The Labute approximate surface area is 163 Å². The van der Waals surface area contributed by atoms with Crippen molar-refractivity contribution in [3.8, 4) is 0 Å². The van der Waals surface area contributed by atoms with Crippen LogP contribution in [0, 0.1) is 0 Å². The summed E-state index contributed by atoms with van der Waals surface area (Å²) in [7, 11) is -2.27. The van der Waals surface area contributed by atoms with Crippen LogP contribution in [0.1, 0.15) is 41.5 Å². The van der Waals surface area contributed by atoms with Crippen molar-refractivity contribution in [2.24, 2.45) is 0 Å². The van der Waals surface area contributed by atoms with Crippen molar-refractivity contribution in [3.63, 3.8) is 0 Å². The maximum absolute atomic E-state index is 10.1. The van der Waals surface area contributed by atoms with Crippen LogP contribution in [0.25, 0.3) is 0 Å². The van der Waals surface area contributed by atoms with Crippen molar-refractivity contribution in [2.75, 3.05) is 13.2 Å². The lowest BCUT2D eigenvalue weighted by Gasteiger charge is -2.45. The summed E-state index contributed by atoms with van der Waals surface area (Å²) in [4.78, 5) is 0. The van der Waals surface area contributed by atoms with E-state index >= 15 is 0 Å². The quantitative estimate of drug-likeness (QED) is 0.666. The molecule has 0 aromatic carbocycles. The van der Waals surface area contributed by atoms with Crippen LogP contribution in [0.2, 0.25) is 36.3 Å². The number of ether oxygens (including phenoxy) is 1. The van der Waals surface area contributed by atoms with Gasteiger partial charge in [-0.05, 0) is 36.3 Å². The fraction of sp³-hybridized carbons (Fsp3) is 1.00. The highest BCUT2D eigenvalue weighted by Gasteiger charge is 2.58. The molecule has 0 aliphatic carbocycles. The Morgan fingerprint density at radius 1 is 0.885 bits per heavy atom. The van der Waals surface area contributed by atoms with Gasteiger partial charge in [0.25, 0.3) is 0 Å². The molecule has 154 valence electrons. The number of aliphatic hydroxyl groups is 2. The average Bonchev–Trinajstić information content (AvgIpc) is 2.69. The standard InChI is InChI=1S/C18H41BO5Si2/c1-16(2,3)25(7,8)23-13-14(24-26(9,10)17(4,5)6)18(11-20,12-21)22-15(13)19/h13-15,20-21H,11-12,19H2,1-10H3/t13-,14+,15-/m1/s1. The van der Waals surface area contributed by atoms with Crippen LogP contribution in [0.3, 0.4) is 0 Å². The van der Waals surface area contributed by atoms with Gasteiger partial charge in [0.1, 0.15) is 19.6 Å². The monoisotopic (exact) mass is 404 g/mol. The molecule has 1 aliphatic heterocycles. The van der Waals surface area contributed by atoms with Crippen LogP contribution in [-0.2, 0) is 13.6 Å². The fourth-order valence-corrected chi connectivity index (χ4v) is 5.38. The van der Waals surface area contributed by atoms with Crippen molar-refractivity contribution < 1.29 is 23.8 Å². The van der Waals surface area contributed by atoms with E-state index in [9.17, 15) is 10.2 Å². The predicted octanol–water partition coefficient (Wildman–Crippen LogP) is 2.48. The van der Waals surface area contributed by atoms with Crippen molar-refractivity contribution >= 4 is 24.5 Å². The minimum absolute atomic E-state index is 0.0109. The Hall–Kier alpha value is 0.299. The molecule has 1 aliphatic rings. The Morgan fingerprint density at radius 3 is 1.62 bits per heavy atom. The second-order valence-electron chi connectivity index (χ2n) is 10.8. The molecule has 0 spiro atoms. The maximum atomic E-state index is 10.1. The molecule has 3 atom stereocenters. The van der Waals surface area contributed by atoms with Crippen molar-refractivity contribution in [2.45, 2.75) is 102 Å². The summed E-state index contributed by atoms with van der Waals surface area (Å²) in [5.74, 6) is 0. The Bertz CT molecular complexity index is 481. The molecule has 0 saturated carbocycles. The molecule has 0 unspecified atom stereocenters. The smallest absolute Gasteiger partial charge is 0.192 e. The molecule has 1 saturated heterocycles. The lowest BCUT2D eigenvalue weighted by molar-refractivity contribution is -0.121. The average molecular weight is 405 g/mol. The van der Waals surface area contributed by atoms with E-state index in [1.165, 1.54) is 0 Å². The summed E-state index contributed by atoms with van der Waals surface area (Å²) in [6, 6.07) is -0.252. The molecular formula is C18H41BO5Si2. The Balaban J connectivity index is 3.30. The summed E-state index contributed by atoms with van der Waals surface area (Å²) in [5, 5.41) is 20.2. The van der Waals surface area contributed by atoms with E-state index in [-0.39, 0.29) is 35.4 Å².